The van der Waals surface area contributed by atoms with E-state index in [9.17, 15) is 19.8 Å². The van der Waals surface area contributed by atoms with Gasteiger partial charge in [0.15, 0.2) is 0 Å². The van der Waals surface area contributed by atoms with Crippen LogP contribution in [0.4, 0.5) is 0 Å². The molecule has 0 atom stereocenters. The summed E-state index contributed by atoms with van der Waals surface area (Å²) in [6.07, 6.45) is 7.38. The number of imidazole rings is 2. The summed E-state index contributed by atoms with van der Waals surface area (Å²) < 4.78 is 8.65. The quantitative estimate of drug-likeness (QED) is 0.605. The van der Waals surface area contributed by atoms with Crippen LogP contribution in [0.1, 0.15) is 38.3 Å². The van der Waals surface area contributed by atoms with E-state index in [1.54, 1.807) is 0 Å². The van der Waals surface area contributed by atoms with Crippen molar-refractivity contribution in [1.29, 1.82) is 0 Å². The Morgan fingerprint density at radius 1 is 0.846 bits per heavy atom. The molecule has 146 valence electrons. The number of nitrogens with zero attached hydrogens (tertiary/aromatic N) is 4. The van der Waals surface area contributed by atoms with E-state index in [0.29, 0.717) is 0 Å². The van der Waals surface area contributed by atoms with Crippen molar-refractivity contribution in [3.63, 3.8) is 0 Å². The SMILES string of the molecule is CCn1cc[n+](C)c1C.CCn1cc[n+](C)c1C.O=C([O-])CCC(=O)[O-]. The molecule has 8 heteroatoms. The first-order valence-corrected chi connectivity index (χ1v) is 8.56. The van der Waals surface area contributed by atoms with E-state index in [4.69, 9.17) is 0 Å². The highest BCUT2D eigenvalue weighted by molar-refractivity contribution is 5.72. The maximum absolute atomic E-state index is 9.50. The van der Waals surface area contributed by atoms with Crippen LogP contribution in [-0.2, 0) is 36.8 Å². The van der Waals surface area contributed by atoms with Crippen LogP contribution in [0.15, 0.2) is 24.8 Å². The molecular weight excluding hydrogens is 336 g/mol. The minimum atomic E-state index is -1.37. The third-order valence-electron chi connectivity index (χ3n) is 4.01. The van der Waals surface area contributed by atoms with Crippen molar-refractivity contribution < 1.29 is 28.9 Å². The van der Waals surface area contributed by atoms with Crippen molar-refractivity contribution in [2.24, 2.45) is 14.1 Å². The van der Waals surface area contributed by atoms with Gasteiger partial charge in [0.1, 0.15) is 24.8 Å². The van der Waals surface area contributed by atoms with Crippen LogP contribution in [0, 0.1) is 13.8 Å². The molecule has 0 aliphatic heterocycles. The third kappa shape index (κ3) is 8.46. The van der Waals surface area contributed by atoms with Crippen LogP contribution in [0.25, 0.3) is 0 Å². The molecule has 0 saturated heterocycles. The summed E-state index contributed by atoms with van der Waals surface area (Å²) in [5.74, 6) is -0.126. The first kappa shape index (κ1) is 23.4. The highest BCUT2D eigenvalue weighted by atomic mass is 16.4. The summed E-state index contributed by atoms with van der Waals surface area (Å²) >= 11 is 0. The minimum Gasteiger partial charge on any atom is -0.550 e. The van der Waals surface area contributed by atoms with E-state index in [1.165, 1.54) is 11.6 Å². The van der Waals surface area contributed by atoms with Gasteiger partial charge in [0.2, 0.25) is 0 Å². The number of rotatable bonds is 5. The van der Waals surface area contributed by atoms with Crippen molar-refractivity contribution >= 4 is 11.9 Å². The molecule has 0 bridgehead atoms. The van der Waals surface area contributed by atoms with Gasteiger partial charge in [0, 0.05) is 25.8 Å². The molecular formula is C18H30N4O4. The lowest BCUT2D eigenvalue weighted by Crippen LogP contribution is -2.29. The Balaban J connectivity index is 0.000000362. The molecule has 0 fully saturated rings. The topological polar surface area (TPSA) is 97.9 Å². The van der Waals surface area contributed by atoms with Crippen molar-refractivity contribution in [2.45, 2.75) is 53.6 Å². The summed E-state index contributed by atoms with van der Waals surface area (Å²) in [7, 11) is 4.11. The average molecular weight is 366 g/mol. The molecule has 0 amide bonds. The summed E-state index contributed by atoms with van der Waals surface area (Å²) in [5.41, 5.74) is 0. The van der Waals surface area contributed by atoms with E-state index < -0.39 is 24.8 Å². The second kappa shape index (κ2) is 11.8. The first-order chi connectivity index (χ1) is 12.1. The van der Waals surface area contributed by atoms with E-state index >= 15 is 0 Å². The number of aromatic nitrogens is 4. The lowest BCUT2D eigenvalue weighted by molar-refractivity contribution is -0.677. The monoisotopic (exact) mass is 366 g/mol. The van der Waals surface area contributed by atoms with Gasteiger partial charge in [-0.25, -0.2) is 18.3 Å². The Bertz CT molecular complexity index is 644. The van der Waals surface area contributed by atoms with E-state index in [-0.39, 0.29) is 0 Å². The lowest BCUT2D eigenvalue weighted by atomic mass is 10.3. The number of carboxylic acid groups (broad SMARTS) is 2. The van der Waals surface area contributed by atoms with Crippen molar-refractivity contribution in [3.05, 3.63) is 36.4 Å². The van der Waals surface area contributed by atoms with Gasteiger partial charge in [-0.15, -0.1) is 0 Å². The van der Waals surface area contributed by atoms with E-state index in [2.05, 4.69) is 84.8 Å². The highest BCUT2D eigenvalue weighted by Gasteiger charge is 2.04. The maximum Gasteiger partial charge on any atom is 0.252 e. The van der Waals surface area contributed by atoms with E-state index in [1.807, 2.05) is 0 Å². The second-order valence-corrected chi connectivity index (χ2v) is 5.73. The first-order valence-electron chi connectivity index (χ1n) is 8.56. The smallest absolute Gasteiger partial charge is 0.252 e. The Morgan fingerprint density at radius 2 is 1.15 bits per heavy atom. The zero-order valence-electron chi connectivity index (χ0n) is 16.6. The maximum atomic E-state index is 9.50. The largest absolute Gasteiger partial charge is 0.550 e. The molecule has 0 radical (unpaired) electrons. The van der Waals surface area contributed by atoms with Crippen molar-refractivity contribution in [1.82, 2.24) is 9.13 Å². The Morgan fingerprint density at radius 3 is 1.27 bits per heavy atom. The zero-order valence-corrected chi connectivity index (χ0v) is 16.6. The fourth-order valence-corrected chi connectivity index (χ4v) is 2.07. The molecule has 2 heterocycles. The molecule has 0 aromatic carbocycles. The number of aryl methyl sites for hydroxylation is 4. The van der Waals surface area contributed by atoms with Gasteiger partial charge in [0.25, 0.3) is 11.6 Å². The number of aliphatic carboxylic acids is 2. The van der Waals surface area contributed by atoms with E-state index in [0.717, 1.165) is 13.1 Å². The van der Waals surface area contributed by atoms with Gasteiger partial charge in [-0.1, -0.05) is 0 Å². The van der Waals surface area contributed by atoms with Crippen LogP contribution in [0.2, 0.25) is 0 Å². The number of hydrogen-bond donors (Lipinski definition) is 0. The number of carbonyl (C=O) groups is 2. The molecule has 0 unspecified atom stereocenters. The molecule has 0 aliphatic carbocycles. The minimum absolute atomic E-state index is 0.470. The highest BCUT2D eigenvalue weighted by Crippen LogP contribution is 1.90. The molecule has 2 rings (SSSR count). The fourth-order valence-electron chi connectivity index (χ4n) is 2.07. The molecule has 0 spiro atoms. The van der Waals surface area contributed by atoms with Gasteiger partial charge in [0.05, 0.1) is 27.2 Å². The molecule has 8 nitrogen and oxygen atoms in total. The molecule has 26 heavy (non-hydrogen) atoms. The number of hydrogen-bond acceptors (Lipinski definition) is 4. The third-order valence-corrected chi connectivity index (χ3v) is 4.01. The summed E-state index contributed by atoms with van der Waals surface area (Å²) in [5, 5.41) is 19.0. The average Bonchev–Trinajstić information content (AvgIpc) is 3.09. The lowest BCUT2D eigenvalue weighted by Gasteiger charge is -2.00. The standard InChI is InChI=1S/2C7H13N2.C4H6O4/c2*1-4-9-6-5-8(3)7(9)2;5-3(6)1-2-4(7)8/h2*5-6H,4H2,1-3H3;1-2H2,(H,5,6)(H,7,8)/q2*+1;/p-2. The predicted molar refractivity (Wildman–Crippen MR) is 91.3 cm³/mol. The van der Waals surface area contributed by atoms with Crippen molar-refractivity contribution in [3.8, 4) is 0 Å². The zero-order chi connectivity index (χ0) is 20.3. The molecule has 2 aromatic rings. The van der Waals surface area contributed by atoms with Gasteiger partial charge in [-0.2, -0.15) is 0 Å². The van der Waals surface area contributed by atoms with Crippen LogP contribution in [0.3, 0.4) is 0 Å². The Labute approximate surface area is 154 Å². The fraction of sp³-hybridized carbons (Fsp3) is 0.556. The van der Waals surface area contributed by atoms with Gasteiger partial charge in [-0.3, -0.25) is 0 Å². The van der Waals surface area contributed by atoms with Crippen LogP contribution in [-0.4, -0.2) is 21.1 Å². The number of carbonyl (C=O) groups excluding carboxylic acids is 2. The van der Waals surface area contributed by atoms with Crippen LogP contribution < -0.4 is 19.3 Å². The normalized spacial score (nSPS) is 9.62. The summed E-state index contributed by atoms with van der Waals surface area (Å²) in [6, 6.07) is 0. The van der Waals surface area contributed by atoms with Gasteiger partial charge in [-0.05, 0) is 26.7 Å². The number of carboxylic acids is 2. The van der Waals surface area contributed by atoms with Crippen LogP contribution in [0.5, 0.6) is 0 Å². The molecule has 0 aliphatic rings. The van der Waals surface area contributed by atoms with Crippen molar-refractivity contribution in [2.75, 3.05) is 0 Å². The molecule has 0 N–H and O–H groups in total. The molecule has 0 saturated carbocycles. The molecule has 2 aromatic heterocycles. The van der Waals surface area contributed by atoms with Crippen LogP contribution >= 0.6 is 0 Å². The van der Waals surface area contributed by atoms with Gasteiger partial charge < -0.3 is 19.8 Å². The Kier molecular flexibility index (Phi) is 10.6. The summed E-state index contributed by atoms with van der Waals surface area (Å²) in [6.45, 7) is 10.6. The Hall–Kier alpha value is -2.64. The van der Waals surface area contributed by atoms with Gasteiger partial charge >= 0.3 is 0 Å². The summed E-state index contributed by atoms with van der Waals surface area (Å²) in [4.78, 5) is 19.0. The second-order valence-electron chi connectivity index (χ2n) is 5.73. The predicted octanol–water partition coefficient (Wildman–Crippen LogP) is -1.45.